The maximum atomic E-state index is 11.8. The summed E-state index contributed by atoms with van der Waals surface area (Å²) < 4.78 is 0.568. The third-order valence-electron chi connectivity index (χ3n) is 2.44. The molecule has 0 aromatic carbocycles. The number of Topliss-reactive ketones (excluding diaryl/α,β-unsaturated/α-hetero) is 1. The summed E-state index contributed by atoms with van der Waals surface area (Å²) in [6.07, 6.45) is 1.06. The van der Waals surface area contributed by atoms with E-state index in [1.54, 1.807) is 12.1 Å². The second-order valence-electron chi connectivity index (χ2n) is 3.93. The van der Waals surface area contributed by atoms with Crippen LogP contribution in [0.3, 0.4) is 0 Å². The number of anilines is 1. The van der Waals surface area contributed by atoms with Crippen molar-refractivity contribution < 1.29 is 9.59 Å². The number of halogens is 1. The van der Waals surface area contributed by atoms with Gasteiger partial charge in [-0.3, -0.25) is 9.59 Å². The topological polar surface area (TPSA) is 72.0 Å². The number of nitrogens with zero attached hydrogens (tertiary/aromatic N) is 2. The van der Waals surface area contributed by atoms with Crippen LogP contribution >= 0.6 is 34.3 Å². The number of rotatable bonds is 6. The van der Waals surface area contributed by atoms with Crippen molar-refractivity contribution in [3.05, 3.63) is 26.4 Å². The highest BCUT2D eigenvalue weighted by molar-refractivity contribution is 7.18. The van der Waals surface area contributed by atoms with Gasteiger partial charge in [0.1, 0.15) is 5.01 Å². The number of amides is 1. The molecule has 0 spiro atoms. The first-order chi connectivity index (χ1) is 9.58. The first kappa shape index (κ1) is 15.1. The normalized spacial score (nSPS) is 10.5. The predicted octanol–water partition coefficient (Wildman–Crippen LogP) is 3.42. The number of carbonyl (C=O) groups excluding carboxylic acids is 2. The standard InChI is InChI=1S/C12H12ClN3O2S2/c1-2-11-15-16-12(20-11)14-10(18)6-3-7(17)8-4-5-9(13)19-8/h4-5H,2-3,6H2,1H3,(H,14,16,18). The highest BCUT2D eigenvalue weighted by Crippen LogP contribution is 2.23. The molecule has 0 fully saturated rings. The molecular weight excluding hydrogens is 318 g/mol. The largest absolute Gasteiger partial charge is 0.301 e. The van der Waals surface area contributed by atoms with Gasteiger partial charge in [-0.15, -0.1) is 21.5 Å². The van der Waals surface area contributed by atoms with Crippen LogP contribution < -0.4 is 5.32 Å². The molecule has 0 aliphatic heterocycles. The molecule has 0 radical (unpaired) electrons. The molecule has 0 aliphatic rings. The van der Waals surface area contributed by atoms with E-state index in [9.17, 15) is 9.59 Å². The summed E-state index contributed by atoms with van der Waals surface area (Å²) in [7, 11) is 0. The number of carbonyl (C=O) groups is 2. The number of thiophene rings is 1. The van der Waals surface area contributed by atoms with E-state index >= 15 is 0 Å². The maximum absolute atomic E-state index is 11.8. The van der Waals surface area contributed by atoms with E-state index in [4.69, 9.17) is 11.6 Å². The van der Waals surface area contributed by atoms with E-state index in [-0.39, 0.29) is 24.5 Å². The number of hydrogen-bond donors (Lipinski definition) is 1. The van der Waals surface area contributed by atoms with Crippen molar-refractivity contribution in [1.29, 1.82) is 0 Å². The summed E-state index contributed by atoms with van der Waals surface area (Å²) in [5, 5.41) is 11.7. The molecular formula is C12H12ClN3O2S2. The highest BCUT2D eigenvalue weighted by atomic mass is 35.5. The Morgan fingerprint density at radius 3 is 2.65 bits per heavy atom. The van der Waals surface area contributed by atoms with Crippen LogP contribution in [0, 0.1) is 0 Å². The average Bonchev–Trinajstić information content (AvgIpc) is 3.05. The van der Waals surface area contributed by atoms with Gasteiger partial charge in [0.15, 0.2) is 5.78 Å². The van der Waals surface area contributed by atoms with Crippen LogP contribution in [0.2, 0.25) is 4.34 Å². The molecule has 106 valence electrons. The van der Waals surface area contributed by atoms with Gasteiger partial charge in [-0.25, -0.2) is 0 Å². The number of aromatic nitrogens is 2. The van der Waals surface area contributed by atoms with Gasteiger partial charge in [-0.05, 0) is 18.6 Å². The summed E-state index contributed by atoms with van der Waals surface area (Å²) in [5.41, 5.74) is 0. The fraction of sp³-hybridized carbons (Fsp3) is 0.333. The molecule has 2 aromatic rings. The lowest BCUT2D eigenvalue weighted by molar-refractivity contribution is -0.116. The lowest BCUT2D eigenvalue weighted by atomic mass is 10.2. The van der Waals surface area contributed by atoms with Crippen LogP contribution in [-0.4, -0.2) is 21.9 Å². The number of aryl methyl sites for hydroxylation is 1. The highest BCUT2D eigenvalue weighted by Gasteiger charge is 2.13. The second-order valence-corrected chi connectivity index (χ2v) is 6.71. The van der Waals surface area contributed by atoms with Crippen molar-refractivity contribution in [3.8, 4) is 0 Å². The maximum Gasteiger partial charge on any atom is 0.226 e. The molecule has 2 aromatic heterocycles. The Hall–Kier alpha value is -1.31. The molecule has 0 unspecified atom stereocenters. The zero-order chi connectivity index (χ0) is 14.5. The molecule has 0 bridgehead atoms. The van der Waals surface area contributed by atoms with E-state index in [0.717, 1.165) is 11.4 Å². The Balaban J connectivity index is 1.81. The van der Waals surface area contributed by atoms with Crippen molar-refractivity contribution >= 4 is 51.1 Å². The van der Waals surface area contributed by atoms with E-state index in [2.05, 4.69) is 15.5 Å². The first-order valence-electron chi connectivity index (χ1n) is 5.99. The number of hydrogen-bond acceptors (Lipinski definition) is 6. The quantitative estimate of drug-likeness (QED) is 0.824. The van der Waals surface area contributed by atoms with E-state index < -0.39 is 0 Å². The van der Waals surface area contributed by atoms with E-state index in [0.29, 0.717) is 14.3 Å². The number of ketones is 1. The van der Waals surface area contributed by atoms with Gasteiger partial charge >= 0.3 is 0 Å². The molecule has 0 aliphatic carbocycles. The molecule has 5 nitrogen and oxygen atoms in total. The minimum atomic E-state index is -0.236. The molecule has 1 N–H and O–H groups in total. The summed E-state index contributed by atoms with van der Waals surface area (Å²) in [4.78, 5) is 24.1. The summed E-state index contributed by atoms with van der Waals surface area (Å²) in [6, 6.07) is 3.35. The van der Waals surface area contributed by atoms with Gasteiger partial charge in [0.2, 0.25) is 11.0 Å². The first-order valence-corrected chi connectivity index (χ1v) is 8.00. The third kappa shape index (κ3) is 4.09. The molecule has 2 heterocycles. The van der Waals surface area contributed by atoms with Crippen LogP contribution in [0.5, 0.6) is 0 Å². The number of nitrogens with one attached hydrogen (secondary N) is 1. The molecule has 0 atom stereocenters. The smallest absolute Gasteiger partial charge is 0.226 e. The SMILES string of the molecule is CCc1nnc(NC(=O)CCC(=O)c2ccc(Cl)s2)s1. The van der Waals surface area contributed by atoms with Gasteiger partial charge < -0.3 is 5.32 Å². The lowest BCUT2D eigenvalue weighted by Crippen LogP contribution is -2.13. The van der Waals surface area contributed by atoms with E-state index in [1.165, 1.54) is 22.7 Å². The van der Waals surface area contributed by atoms with Crippen molar-refractivity contribution in [2.45, 2.75) is 26.2 Å². The zero-order valence-corrected chi connectivity index (χ0v) is 13.1. The van der Waals surface area contributed by atoms with Crippen LogP contribution in [0.15, 0.2) is 12.1 Å². The van der Waals surface area contributed by atoms with Crippen LogP contribution in [0.25, 0.3) is 0 Å². The Labute approximate surface area is 129 Å². The van der Waals surface area contributed by atoms with E-state index in [1.807, 2.05) is 6.92 Å². The molecule has 0 saturated carbocycles. The van der Waals surface area contributed by atoms with Crippen molar-refractivity contribution in [1.82, 2.24) is 10.2 Å². The van der Waals surface area contributed by atoms with Gasteiger partial charge in [0, 0.05) is 12.8 Å². The summed E-state index contributed by atoms with van der Waals surface area (Å²) >= 11 is 8.33. The third-order valence-corrected chi connectivity index (χ3v) is 4.70. The minimum absolute atomic E-state index is 0.0800. The monoisotopic (exact) mass is 329 g/mol. The zero-order valence-electron chi connectivity index (χ0n) is 10.7. The fourth-order valence-electron chi connectivity index (χ4n) is 1.44. The Morgan fingerprint density at radius 1 is 1.25 bits per heavy atom. The van der Waals surface area contributed by atoms with Crippen molar-refractivity contribution in [2.24, 2.45) is 0 Å². The van der Waals surface area contributed by atoms with Crippen LogP contribution in [0.4, 0.5) is 5.13 Å². The van der Waals surface area contributed by atoms with Gasteiger partial charge in [0.05, 0.1) is 9.21 Å². The molecule has 1 amide bonds. The van der Waals surface area contributed by atoms with Crippen molar-refractivity contribution in [2.75, 3.05) is 5.32 Å². The average molecular weight is 330 g/mol. The minimum Gasteiger partial charge on any atom is -0.301 e. The van der Waals surface area contributed by atoms with Crippen LogP contribution in [-0.2, 0) is 11.2 Å². The second kappa shape index (κ2) is 6.92. The molecule has 20 heavy (non-hydrogen) atoms. The van der Waals surface area contributed by atoms with Gasteiger partial charge in [-0.2, -0.15) is 0 Å². The van der Waals surface area contributed by atoms with Crippen LogP contribution in [0.1, 0.15) is 34.4 Å². The van der Waals surface area contributed by atoms with Gasteiger partial charge in [0.25, 0.3) is 0 Å². The van der Waals surface area contributed by atoms with Gasteiger partial charge in [-0.1, -0.05) is 29.9 Å². The Morgan fingerprint density at radius 2 is 2.05 bits per heavy atom. The lowest BCUT2D eigenvalue weighted by Gasteiger charge is -1.99. The fourth-order valence-corrected chi connectivity index (χ4v) is 3.15. The molecule has 2 rings (SSSR count). The van der Waals surface area contributed by atoms with Crippen molar-refractivity contribution in [3.63, 3.8) is 0 Å². The Kier molecular flexibility index (Phi) is 5.22. The Bertz CT molecular complexity index is 624. The molecule has 0 saturated heterocycles. The summed E-state index contributed by atoms with van der Waals surface area (Å²) in [5.74, 6) is -0.316. The summed E-state index contributed by atoms with van der Waals surface area (Å²) in [6.45, 7) is 1.97. The predicted molar refractivity (Wildman–Crippen MR) is 80.8 cm³/mol. The molecule has 8 heteroatoms.